The van der Waals surface area contributed by atoms with Gasteiger partial charge < -0.3 is 10.1 Å². The summed E-state index contributed by atoms with van der Waals surface area (Å²) in [5.74, 6) is 0.214. The van der Waals surface area contributed by atoms with Crippen LogP contribution in [0.3, 0.4) is 0 Å². The predicted octanol–water partition coefficient (Wildman–Crippen LogP) is 3.01. The van der Waals surface area contributed by atoms with Gasteiger partial charge in [-0.2, -0.15) is 5.10 Å². The second-order valence-corrected chi connectivity index (χ2v) is 5.63. The van der Waals surface area contributed by atoms with Gasteiger partial charge in [0.25, 0.3) is 5.91 Å². The van der Waals surface area contributed by atoms with Crippen molar-refractivity contribution in [3.05, 3.63) is 72.3 Å². The van der Waals surface area contributed by atoms with E-state index in [1.54, 1.807) is 36.8 Å². The highest BCUT2D eigenvalue weighted by Gasteiger charge is 2.16. The standard InChI is InChI=1S/C18H13FN6O2/c1-11-15(19)4-5-16(23-11)24-18(26)14-7-13(9-25-17(14)21-10-22-25)27-12-3-2-6-20-8-12/h2-10H,1H3,(H,23,24,26). The zero-order chi connectivity index (χ0) is 18.8. The molecular formula is C18H13FN6O2. The minimum absolute atomic E-state index is 0.189. The lowest BCUT2D eigenvalue weighted by atomic mass is 10.2. The van der Waals surface area contributed by atoms with Gasteiger partial charge >= 0.3 is 0 Å². The van der Waals surface area contributed by atoms with Crippen molar-refractivity contribution in [2.75, 3.05) is 5.32 Å². The van der Waals surface area contributed by atoms with Gasteiger partial charge in [-0.3, -0.25) is 9.78 Å². The molecular weight excluding hydrogens is 351 g/mol. The molecule has 4 rings (SSSR count). The molecule has 27 heavy (non-hydrogen) atoms. The highest BCUT2D eigenvalue weighted by molar-refractivity contribution is 6.08. The first-order valence-electron chi connectivity index (χ1n) is 7.96. The second kappa shape index (κ2) is 6.79. The monoisotopic (exact) mass is 364 g/mol. The molecule has 0 radical (unpaired) electrons. The molecule has 0 aliphatic heterocycles. The van der Waals surface area contributed by atoms with Crippen LogP contribution < -0.4 is 10.1 Å². The third-order valence-corrected chi connectivity index (χ3v) is 3.73. The molecule has 4 heterocycles. The number of aryl methyl sites for hydroxylation is 1. The Hall–Kier alpha value is -3.88. The summed E-state index contributed by atoms with van der Waals surface area (Å²) in [6.07, 6.45) is 6.12. The molecule has 0 fully saturated rings. The van der Waals surface area contributed by atoms with Gasteiger partial charge in [0.05, 0.1) is 23.7 Å². The molecule has 4 aromatic rings. The molecule has 1 amide bonds. The summed E-state index contributed by atoms with van der Waals surface area (Å²) in [6, 6.07) is 7.65. The lowest BCUT2D eigenvalue weighted by molar-refractivity contribution is 0.102. The molecule has 0 saturated heterocycles. The molecule has 8 nitrogen and oxygen atoms in total. The minimum Gasteiger partial charge on any atom is -0.454 e. The Morgan fingerprint density at radius 1 is 1.26 bits per heavy atom. The number of ether oxygens (including phenoxy) is 1. The molecule has 4 aromatic heterocycles. The van der Waals surface area contributed by atoms with Crippen LogP contribution in [0, 0.1) is 12.7 Å². The molecule has 0 atom stereocenters. The highest BCUT2D eigenvalue weighted by Crippen LogP contribution is 2.23. The number of carbonyl (C=O) groups excluding carboxylic acids is 1. The number of fused-ring (bicyclic) bond motifs is 1. The first-order valence-corrected chi connectivity index (χ1v) is 7.96. The van der Waals surface area contributed by atoms with Crippen LogP contribution in [-0.4, -0.2) is 30.5 Å². The number of anilines is 1. The smallest absolute Gasteiger partial charge is 0.260 e. The Kier molecular flexibility index (Phi) is 4.17. The fourth-order valence-electron chi connectivity index (χ4n) is 2.47. The van der Waals surface area contributed by atoms with Crippen molar-refractivity contribution in [1.82, 2.24) is 24.6 Å². The summed E-state index contributed by atoms with van der Waals surface area (Å²) < 4.78 is 20.5. The van der Waals surface area contributed by atoms with Gasteiger partial charge in [0, 0.05) is 6.20 Å². The molecule has 0 bridgehead atoms. The van der Waals surface area contributed by atoms with Gasteiger partial charge in [-0.15, -0.1) is 0 Å². The van der Waals surface area contributed by atoms with E-state index in [0.717, 1.165) is 0 Å². The van der Waals surface area contributed by atoms with Crippen LogP contribution >= 0.6 is 0 Å². The van der Waals surface area contributed by atoms with E-state index in [1.165, 1.54) is 29.9 Å². The molecule has 0 saturated carbocycles. The zero-order valence-electron chi connectivity index (χ0n) is 14.1. The quantitative estimate of drug-likeness (QED) is 0.598. The van der Waals surface area contributed by atoms with Crippen LogP contribution in [0.4, 0.5) is 10.2 Å². The molecule has 9 heteroatoms. The van der Waals surface area contributed by atoms with Crippen LogP contribution in [0.5, 0.6) is 11.5 Å². The summed E-state index contributed by atoms with van der Waals surface area (Å²) in [5, 5.41) is 6.70. The van der Waals surface area contributed by atoms with E-state index >= 15 is 0 Å². The third-order valence-electron chi connectivity index (χ3n) is 3.73. The Morgan fingerprint density at radius 2 is 2.15 bits per heavy atom. The van der Waals surface area contributed by atoms with Crippen molar-refractivity contribution in [1.29, 1.82) is 0 Å². The number of hydrogen-bond donors (Lipinski definition) is 1. The number of hydrogen-bond acceptors (Lipinski definition) is 6. The van der Waals surface area contributed by atoms with E-state index in [1.807, 2.05) is 0 Å². The average Bonchev–Trinajstić information content (AvgIpc) is 3.13. The number of aromatic nitrogens is 5. The average molecular weight is 364 g/mol. The zero-order valence-corrected chi connectivity index (χ0v) is 14.1. The summed E-state index contributed by atoms with van der Waals surface area (Å²) in [5.41, 5.74) is 0.775. The van der Waals surface area contributed by atoms with Crippen molar-refractivity contribution < 1.29 is 13.9 Å². The van der Waals surface area contributed by atoms with Gasteiger partial charge in [-0.25, -0.2) is 18.9 Å². The van der Waals surface area contributed by atoms with E-state index in [0.29, 0.717) is 17.1 Å². The lowest BCUT2D eigenvalue weighted by Gasteiger charge is -2.10. The van der Waals surface area contributed by atoms with Crippen LogP contribution in [-0.2, 0) is 0 Å². The molecule has 0 aliphatic rings. The molecule has 0 unspecified atom stereocenters. The first-order chi connectivity index (χ1) is 13.1. The number of nitrogens with zero attached hydrogens (tertiary/aromatic N) is 5. The molecule has 134 valence electrons. The number of halogens is 1. The lowest BCUT2D eigenvalue weighted by Crippen LogP contribution is -2.15. The molecule has 0 aliphatic carbocycles. The number of amides is 1. The summed E-state index contributed by atoms with van der Waals surface area (Å²) >= 11 is 0. The largest absolute Gasteiger partial charge is 0.454 e. The summed E-state index contributed by atoms with van der Waals surface area (Å²) in [4.78, 5) is 24.8. The van der Waals surface area contributed by atoms with E-state index in [2.05, 4.69) is 25.4 Å². The Morgan fingerprint density at radius 3 is 2.93 bits per heavy atom. The maximum atomic E-state index is 13.4. The first kappa shape index (κ1) is 16.6. The maximum Gasteiger partial charge on any atom is 0.260 e. The Bertz CT molecular complexity index is 1130. The third kappa shape index (κ3) is 3.43. The van der Waals surface area contributed by atoms with Crippen LogP contribution in [0.25, 0.3) is 5.65 Å². The van der Waals surface area contributed by atoms with Crippen molar-refractivity contribution in [3.8, 4) is 11.5 Å². The number of carbonyl (C=O) groups is 1. The van der Waals surface area contributed by atoms with E-state index in [9.17, 15) is 9.18 Å². The van der Waals surface area contributed by atoms with Gasteiger partial charge in [0.1, 0.15) is 29.5 Å². The minimum atomic E-state index is -0.469. The normalized spacial score (nSPS) is 10.7. The molecule has 1 N–H and O–H groups in total. The fraction of sp³-hybridized carbons (Fsp3) is 0.0556. The van der Waals surface area contributed by atoms with Crippen molar-refractivity contribution in [2.45, 2.75) is 6.92 Å². The van der Waals surface area contributed by atoms with Gasteiger partial charge in [0.15, 0.2) is 5.65 Å². The Balaban J connectivity index is 1.68. The van der Waals surface area contributed by atoms with Crippen LogP contribution in [0.1, 0.15) is 16.1 Å². The van der Waals surface area contributed by atoms with Crippen molar-refractivity contribution in [3.63, 3.8) is 0 Å². The van der Waals surface area contributed by atoms with E-state index in [4.69, 9.17) is 4.74 Å². The Labute approximate surface area is 152 Å². The number of nitrogens with one attached hydrogen (secondary N) is 1. The van der Waals surface area contributed by atoms with Gasteiger partial charge in [0.2, 0.25) is 0 Å². The summed E-state index contributed by atoms with van der Waals surface area (Å²) in [6.45, 7) is 1.52. The SMILES string of the molecule is Cc1nc(NC(=O)c2cc(Oc3cccnc3)cn3ncnc23)ccc1F. The number of rotatable bonds is 4. The summed E-state index contributed by atoms with van der Waals surface area (Å²) in [7, 11) is 0. The second-order valence-electron chi connectivity index (χ2n) is 5.63. The number of pyridine rings is 3. The van der Waals surface area contributed by atoms with Crippen LogP contribution in [0.15, 0.2) is 55.2 Å². The fourth-order valence-corrected chi connectivity index (χ4v) is 2.47. The van der Waals surface area contributed by atoms with Crippen molar-refractivity contribution in [2.24, 2.45) is 0 Å². The van der Waals surface area contributed by atoms with E-state index < -0.39 is 11.7 Å². The van der Waals surface area contributed by atoms with Crippen molar-refractivity contribution >= 4 is 17.4 Å². The molecule has 0 aromatic carbocycles. The highest BCUT2D eigenvalue weighted by atomic mass is 19.1. The van der Waals surface area contributed by atoms with Gasteiger partial charge in [-0.05, 0) is 37.3 Å². The van der Waals surface area contributed by atoms with Gasteiger partial charge in [-0.1, -0.05) is 0 Å². The molecule has 0 spiro atoms. The van der Waals surface area contributed by atoms with Crippen LogP contribution in [0.2, 0.25) is 0 Å². The van der Waals surface area contributed by atoms with E-state index in [-0.39, 0.29) is 17.1 Å². The topological polar surface area (TPSA) is 94.3 Å². The predicted molar refractivity (Wildman–Crippen MR) is 94.2 cm³/mol. The maximum absolute atomic E-state index is 13.4.